The molecule has 0 spiro atoms. The summed E-state index contributed by atoms with van der Waals surface area (Å²) in [4.78, 5) is 6.59. The standard InChI is InChI=1S/C16H17N3O/c1-11-4-3-5-13(8-11)19(2)10-16-18-14-7-6-12(17)9-15(14)20-16/h3-9H,10,17H2,1-2H3. The van der Waals surface area contributed by atoms with E-state index in [0.717, 1.165) is 16.8 Å². The lowest BCUT2D eigenvalue weighted by Gasteiger charge is -2.17. The molecular weight excluding hydrogens is 250 g/mol. The molecule has 0 amide bonds. The van der Waals surface area contributed by atoms with E-state index in [2.05, 4.69) is 35.0 Å². The van der Waals surface area contributed by atoms with Crippen molar-refractivity contribution in [1.82, 2.24) is 4.98 Å². The number of anilines is 2. The number of nitrogens with two attached hydrogens (primary N) is 1. The first kappa shape index (κ1) is 12.5. The summed E-state index contributed by atoms with van der Waals surface area (Å²) in [6.07, 6.45) is 0. The van der Waals surface area contributed by atoms with Crippen LogP contribution >= 0.6 is 0 Å². The summed E-state index contributed by atoms with van der Waals surface area (Å²) in [6.45, 7) is 2.71. The van der Waals surface area contributed by atoms with E-state index in [1.807, 2.05) is 25.2 Å². The van der Waals surface area contributed by atoms with Gasteiger partial charge in [0, 0.05) is 24.5 Å². The zero-order chi connectivity index (χ0) is 14.1. The maximum Gasteiger partial charge on any atom is 0.215 e. The molecule has 0 unspecified atom stereocenters. The first-order valence-electron chi connectivity index (χ1n) is 6.54. The van der Waals surface area contributed by atoms with Gasteiger partial charge in [-0.3, -0.25) is 0 Å². The molecule has 0 aliphatic heterocycles. The molecule has 4 nitrogen and oxygen atoms in total. The second kappa shape index (κ2) is 4.89. The maximum absolute atomic E-state index is 5.74. The van der Waals surface area contributed by atoms with Gasteiger partial charge in [-0.1, -0.05) is 12.1 Å². The van der Waals surface area contributed by atoms with Crippen LogP contribution in [0.4, 0.5) is 11.4 Å². The van der Waals surface area contributed by atoms with Gasteiger partial charge in [-0.2, -0.15) is 0 Å². The molecule has 0 aliphatic carbocycles. The largest absolute Gasteiger partial charge is 0.439 e. The minimum atomic E-state index is 0.623. The lowest BCUT2D eigenvalue weighted by atomic mass is 10.2. The lowest BCUT2D eigenvalue weighted by Crippen LogP contribution is -2.16. The molecule has 0 fully saturated rings. The average Bonchev–Trinajstić information content (AvgIpc) is 2.80. The van der Waals surface area contributed by atoms with Gasteiger partial charge >= 0.3 is 0 Å². The summed E-state index contributed by atoms with van der Waals surface area (Å²) < 4.78 is 5.74. The number of hydrogen-bond donors (Lipinski definition) is 1. The van der Waals surface area contributed by atoms with Crippen LogP contribution in [0.25, 0.3) is 11.1 Å². The predicted molar refractivity (Wildman–Crippen MR) is 81.7 cm³/mol. The minimum absolute atomic E-state index is 0.623. The van der Waals surface area contributed by atoms with Crippen LogP contribution in [0.2, 0.25) is 0 Å². The van der Waals surface area contributed by atoms with Crippen molar-refractivity contribution < 1.29 is 4.42 Å². The van der Waals surface area contributed by atoms with Crippen molar-refractivity contribution >= 4 is 22.5 Å². The van der Waals surface area contributed by atoms with Crippen molar-refractivity contribution in [3.63, 3.8) is 0 Å². The maximum atomic E-state index is 5.74. The molecule has 2 aromatic carbocycles. The van der Waals surface area contributed by atoms with Crippen molar-refractivity contribution in [3.05, 3.63) is 53.9 Å². The molecular formula is C16H17N3O. The van der Waals surface area contributed by atoms with Crippen LogP contribution < -0.4 is 10.6 Å². The zero-order valence-electron chi connectivity index (χ0n) is 11.6. The Bertz CT molecular complexity index is 748. The number of fused-ring (bicyclic) bond motifs is 1. The zero-order valence-corrected chi connectivity index (χ0v) is 11.6. The Morgan fingerprint density at radius 1 is 1.20 bits per heavy atom. The van der Waals surface area contributed by atoms with Crippen molar-refractivity contribution in [2.45, 2.75) is 13.5 Å². The van der Waals surface area contributed by atoms with E-state index < -0.39 is 0 Å². The molecule has 20 heavy (non-hydrogen) atoms. The molecule has 0 bridgehead atoms. The number of benzene rings is 2. The fourth-order valence-corrected chi connectivity index (χ4v) is 2.22. The van der Waals surface area contributed by atoms with Gasteiger partial charge in [-0.25, -0.2) is 4.98 Å². The van der Waals surface area contributed by atoms with Crippen molar-refractivity contribution in [3.8, 4) is 0 Å². The van der Waals surface area contributed by atoms with Gasteiger partial charge in [0.2, 0.25) is 5.89 Å². The molecule has 102 valence electrons. The van der Waals surface area contributed by atoms with E-state index in [9.17, 15) is 0 Å². The van der Waals surface area contributed by atoms with Gasteiger partial charge in [0.1, 0.15) is 5.52 Å². The summed E-state index contributed by atoms with van der Waals surface area (Å²) in [5, 5.41) is 0. The van der Waals surface area contributed by atoms with E-state index >= 15 is 0 Å². The summed E-state index contributed by atoms with van der Waals surface area (Å²) in [5.41, 5.74) is 10.4. The summed E-state index contributed by atoms with van der Waals surface area (Å²) in [7, 11) is 2.03. The summed E-state index contributed by atoms with van der Waals surface area (Å²) in [5.74, 6) is 0.689. The fourth-order valence-electron chi connectivity index (χ4n) is 2.22. The molecule has 0 saturated carbocycles. The molecule has 0 radical (unpaired) electrons. The number of oxazole rings is 1. The fraction of sp³-hybridized carbons (Fsp3) is 0.188. The molecule has 1 aromatic heterocycles. The number of nitrogen functional groups attached to an aromatic ring is 1. The van der Waals surface area contributed by atoms with Crippen LogP contribution in [0.3, 0.4) is 0 Å². The number of nitrogens with zero attached hydrogens (tertiary/aromatic N) is 2. The molecule has 2 N–H and O–H groups in total. The van der Waals surface area contributed by atoms with Crippen LogP contribution in [0.15, 0.2) is 46.9 Å². The Kier molecular flexibility index (Phi) is 3.06. The second-order valence-electron chi connectivity index (χ2n) is 5.03. The highest BCUT2D eigenvalue weighted by molar-refractivity contribution is 5.76. The highest BCUT2D eigenvalue weighted by Crippen LogP contribution is 2.21. The van der Waals surface area contributed by atoms with Gasteiger partial charge in [0.15, 0.2) is 5.58 Å². The van der Waals surface area contributed by atoms with Crippen LogP contribution in [0, 0.1) is 6.92 Å². The SMILES string of the molecule is Cc1cccc(N(C)Cc2nc3ccc(N)cc3o2)c1. The van der Waals surface area contributed by atoms with Gasteiger partial charge < -0.3 is 15.1 Å². The van der Waals surface area contributed by atoms with E-state index in [0.29, 0.717) is 18.1 Å². The van der Waals surface area contributed by atoms with Crippen molar-refractivity contribution in [2.75, 3.05) is 17.7 Å². The van der Waals surface area contributed by atoms with Crippen LogP contribution in [-0.2, 0) is 6.54 Å². The predicted octanol–water partition coefficient (Wildman–Crippen LogP) is 3.35. The average molecular weight is 267 g/mol. The molecule has 0 saturated heterocycles. The molecule has 0 aliphatic rings. The lowest BCUT2D eigenvalue weighted by molar-refractivity contribution is 0.527. The first-order valence-corrected chi connectivity index (χ1v) is 6.54. The minimum Gasteiger partial charge on any atom is -0.439 e. The quantitative estimate of drug-likeness (QED) is 0.739. The summed E-state index contributed by atoms with van der Waals surface area (Å²) in [6, 6.07) is 13.9. The van der Waals surface area contributed by atoms with Gasteiger partial charge in [-0.15, -0.1) is 0 Å². The van der Waals surface area contributed by atoms with E-state index in [4.69, 9.17) is 10.2 Å². The van der Waals surface area contributed by atoms with Gasteiger partial charge in [-0.05, 0) is 36.8 Å². The Balaban J connectivity index is 1.85. The third-order valence-corrected chi connectivity index (χ3v) is 3.27. The van der Waals surface area contributed by atoms with E-state index in [-0.39, 0.29) is 0 Å². The van der Waals surface area contributed by atoms with Crippen LogP contribution in [-0.4, -0.2) is 12.0 Å². The third-order valence-electron chi connectivity index (χ3n) is 3.27. The molecule has 4 heteroatoms. The molecule has 1 heterocycles. The van der Waals surface area contributed by atoms with E-state index in [1.54, 1.807) is 6.07 Å². The van der Waals surface area contributed by atoms with Crippen molar-refractivity contribution in [2.24, 2.45) is 0 Å². The smallest absolute Gasteiger partial charge is 0.215 e. The molecule has 0 atom stereocenters. The second-order valence-corrected chi connectivity index (χ2v) is 5.03. The van der Waals surface area contributed by atoms with Crippen molar-refractivity contribution in [1.29, 1.82) is 0 Å². The Labute approximate surface area is 117 Å². The monoisotopic (exact) mass is 267 g/mol. The summed E-state index contributed by atoms with van der Waals surface area (Å²) >= 11 is 0. The Hall–Kier alpha value is -2.49. The highest BCUT2D eigenvalue weighted by atomic mass is 16.3. The topological polar surface area (TPSA) is 55.3 Å². The molecule has 3 rings (SSSR count). The van der Waals surface area contributed by atoms with Gasteiger partial charge in [0.05, 0.1) is 6.54 Å². The van der Waals surface area contributed by atoms with Crippen LogP contribution in [0.5, 0.6) is 0 Å². The number of rotatable bonds is 3. The number of aromatic nitrogens is 1. The third kappa shape index (κ3) is 2.45. The normalized spacial score (nSPS) is 10.9. The molecule has 3 aromatic rings. The van der Waals surface area contributed by atoms with Crippen LogP contribution in [0.1, 0.15) is 11.5 Å². The van der Waals surface area contributed by atoms with Gasteiger partial charge in [0.25, 0.3) is 0 Å². The van der Waals surface area contributed by atoms with E-state index in [1.165, 1.54) is 5.56 Å². The number of hydrogen-bond acceptors (Lipinski definition) is 4. The highest BCUT2D eigenvalue weighted by Gasteiger charge is 2.09. The Morgan fingerprint density at radius 3 is 2.85 bits per heavy atom. The Morgan fingerprint density at radius 2 is 2.05 bits per heavy atom. The number of aryl methyl sites for hydroxylation is 1. The first-order chi connectivity index (χ1) is 9.61.